The number of carbonyl (C=O) groups is 2. The first-order valence-electron chi connectivity index (χ1n) is 17.2. The van der Waals surface area contributed by atoms with Crippen molar-refractivity contribution in [2.24, 2.45) is 23.7 Å². The van der Waals surface area contributed by atoms with Crippen LogP contribution in [-0.4, -0.2) is 65.5 Å². The Bertz CT molecular complexity index is 1480. The van der Waals surface area contributed by atoms with E-state index >= 15 is 0 Å². The number of fused-ring (bicyclic) bond motifs is 3. The van der Waals surface area contributed by atoms with Crippen LogP contribution in [0.15, 0.2) is 52.4 Å². The summed E-state index contributed by atoms with van der Waals surface area (Å²) in [5.74, 6) is 1.38. The summed E-state index contributed by atoms with van der Waals surface area (Å²) in [6.07, 6.45) is 9.06. The Morgan fingerprint density at radius 1 is 1.11 bits per heavy atom. The smallest absolute Gasteiger partial charge is 0.226 e. The van der Waals surface area contributed by atoms with Crippen LogP contribution < -0.4 is 10.1 Å². The van der Waals surface area contributed by atoms with Crippen molar-refractivity contribution in [2.75, 3.05) is 26.5 Å². The van der Waals surface area contributed by atoms with E-state index in [1.807, 2.05) is 6.07 Å². The minimum atomic E-state index is -0.542. The number of carbonyl (C=O) groups excluding carboxylic acids is 2. The summed E-state index contributed by atoms with van der Waals surface area (Å²) in [5.41, 5.74) is 5.86. The number of methoxy groups -OCH3 is 1. The summed E-state index contributed by atoms with van der Waals surface area (Å²) in [4.78, 5) is 29.3. The highest BCUT2D eigenvalue weighted by Gasteiger charge is 2.49. The Kier molecular flexibility index (Phi) is 11.4. The number of aliphatic hydroxyl groups excluding tert-OH is 2. The van der Waals surface area contributed by atoms with E-state index in [-0.39, 0.29) is 41.4 Å². The molecule has 3 N–H and O–H groups in total. The fraction of sp³-hybridized carbons (Fsp3) is 0.579. The number of hydrogen-bond acceptors (Lipinski definition) is 7. The highest BCUT2D eigenvalue weighted by atomic mass is 32.2. The summed E-state index contributed by atoms with van der Waals surface area (Å²) >= 11 is 1.79. The molecule has 5 atom stereocenters. The Labute approximate surface area is 284 Å². The van der Waals surface area contributed by atoms with Crippen LogP contribution in [0.3, 0.4) is 0 Å². The molecule has 2 saturated carbocycles. The minimum absolute atomic E-state index is 0.0106. The molecular weight excluding hydrogens is 612 g/mol. The molecule has 0 aromatic heterocycles. The van der Waals surface area contributed by atoms with Gasteiger partial charge in [0.15, 0.2) is 0 Å². The first kappa shape index (κ1) is 35.0. The lowest BCUT2D eigenvalue weighted by molar-refractivity contribution is -0.140. The van der Waals surface area contributed by atoms with Gasteiger partial charge in [-0.3, -0.25) is 9.59 Å². The molecule has 3 unspecified atom stereocenters. The zero-order valence-electron chi connectivity index (χ0n) is 28.8. The van der Waals surface area contributed by atoms with Gasteiger partial charge in [-0.25, -0.2) is 0 Å². The average molecular weight is 665 g/mol. The zero-order valence-corrected chi connectivity index (χ0v) is 29.6. The fourth-order valence-corrected chi connectivity index (χ4v) is 7.98. The Morgan fingerprint density at radius 2 is 1.87 bits per heavy atom. The van der Waals surface area contributed by atoms with Crippen molar-refractivity contribution in [3.05, 3.63) is 69.0 Å². The van der Waals surface area contributed by atoms with Crippen LogP contribution in [0.4, 0.5) is 0 Å². The Morgan fingerprint density at radius 3 is 2.62 bits per heavy atom. The molecule has 0 saturated heterocycles. The standard InChI is InChI=1S/C38H52N2O6S/c1-22(2)23(3)20-47-21-25-10-9-11-27-24(4)34(45-6)14-13-28(27)35(16-25)46-26-17-29-30(18-26)38(44)40(5)15-8-7-12-33(41)36(42)31-19-32(31)39-37(29)43/h10,13-14,16,20,22,26,29-32,41-42H,7-9,11-12,15,17-19,21H2,1-6H3,(H,39,43)/b23-20+,25-10+,35-16+,36-33-/t26?,29-,30?,31-,32?/m1/s1. The Hall–Kier alpha value is -3.33. The van der Waals surface area contributed by atoms with Crippen molar-refractivity contribution < 1.29 is 29.3 Å². The van der Waals surface area contributed by atoms with Crippen molar-refractivity contribution in [1.82, 2.24) is 10.2 Å². The van der Waals surface area contributed by atoms with Gasteiger partial charge in [0, 0.05) is 43.3 Å². The average Bonchev–Trinajstić information content (AvgIpc) is 3.67. The molecule has 2 fully saturated rings. The molecule has 1 heterocycles. The van der Waals surface area contributed by atoms with Gasteiger partial charge in [-0.15, -0.1) is 11.8 Å². The van der Waals surface area contributed by atoms with Crippen LogP contribution in [-0.2, 0) is 20.7 Å². The first-order valence-corrected chi connectivity index (χ1v) is 18.2. The molecular formula is C38H52N2O6S. The first-order chi connectivity index (χ1) is 22.5. The van der Waals surface area contributed by atoms with Crippen molar-refractivity contribution in [1.29, 1.82) is 0 Å². The van der Waals surface area contributed by atoms with Gasteiger partial charge in [0.05, 0.1) is 18.9 Å². The van der Waals surface area contributed by atoms with Crippen LogP contribution in [0.1, 0.15) is 82.4 Å². The summed E-state index contributed by atoms with van der Waals surface area (Å²) in [6, 6.07) is 3.83. The SMILES string of the molecule is COc1ccc2c(c1C)CC/C=C(CS/C=C(\C)C(C)C)\C=C/2OC1CC2C(=O)N(C)CCCC/C(O)=C(/O)[C@@H]3CC3NC(=O)[C@@H]2C1. The summed E-state index contributed by atoms with van der Waals surface area (Å²) in [5, 5.41) is 26.3. The van der Waals surface area contributed by atoms with E-state index in [9.17, 15) is 19.8 Å². The molecule has 1 aromatic rings. The van der Waals surface area contributed by atoms with Gasteiger partial charge in [-0.2, -0.15) is 0 Å². The molecule has 0 radical (unpaired) electrons. The maximum Gasteiger partial charge on any atom is 0.226 e. The number of aliphatic hydroxyl groups is 2. The molecule has 1 aliphatic heterocycles. The second-order valence-electron chi connectivity index (χ2n) is 14.0. The number of thioether (sulfide) groups is 1. The third-order valence-corrected chi connectivity index (χ3v) is 11.4. The minimum Gasteiger partial charge on any atom is -0.509 e. The molecule has 2 amide bonds. The van der Waals surface area contributed by atoms with E-state index in [0.29, 0.717) is 51.0 Å². The maximum atomic E-state index is 13.8. The lowest BCUT2D eigenvalue weighted by Gasteiger charge is -2.25. The van der Waals surface area contributed by atoms with Gasteiger partial charge in [0.2, 0.25) is 11.8 Å². The number of hydrogen-bond donors (Lipinski definition) is 3. The van der Waals surface area contributed by atoms with E-state index in [1.165, 1.54) is 16.7 Å². The number of nitrogens with one attached hydrogen (secondary N) is 1. The van der Waals surface area contributed by atoms with Crippen molar-refractivity contribution in [3.8, 4) is 5.75 Å². The lowest BCUT2D eigenvalue weighted by Crippen LogP contribution is -2.41. The monoisotopic (exact) mass is 664 g/mol. The van der Waals surface area contributed by atoms with Crippen LogP contribution in [0.2, 0.25) is 0 Å². The maximum absolute atomic E-state index is 13.8. The van der Waals surface area contributed by atoms with Crippen LogP contribution >= 0.6 is 11.8 Å². The van der Waals surface area contributed by atoms with Crippen molar-refractivity contribution in [3.63, 3.8) is 0 Å². The van der Waals surface area contributed by atoms with E-state index in [4.69, 9.17) is 9.47 Å². The van der Waals surface area contributed by atoms with E-state index < -0.39 is 11.8 Å². The van der Waals surface area contributed by atoms with Gasteiger partial charge < -0.3 is 29.9 Å². The molecule has 5 rings (SSSR count). The number of ether oxygens (including phenoxy) is 2. The molecule has 1 aromatic carbocycles. The van der Waals surface area contributed by atoms with Gasteiger partial charge in [0.25, 0.3) is 0 Å². The predicted molar refractivity (Wildman–Crippen MR) is 188 cm³/mol. The topological polar surface area (TPSA) is 108 Å². The largest absolute Gasteiger partial charge is 0.509 e. The summed E-state index contributed by atoms with van der Waals surface area (Å²) < 4.78 is 12.6. The molecule has 9 heteroatoms. The van der Waals surface area contributed by atoms with Crippen molar-refractivity contribution in [2.45, 2.75) is 91.2 Å². The number of benzene rings is 1. The van der Waals surface area contributed by atoms with Crippen molar-refractivity contribution >= 4 is 29.3 Å². The summed E-state index contributed by atoms with van der Waals surface area (Å²) in [7, 11) is 3.48. The third-order valence-electron chi connectivity index (χ3n) is 10.3. The van der Waals surface area contributed by atoms with Gasteiger partial charge in [0.1, 0.15) is 29.1 Å². The molecule has 3 aliphatic carbocycles. The predicted octanol–water partition coefficient (Wildman–Crippen LogP) is 7.40. The molecule has 47 heavy (non-hydrogen) atoms. The van der Waals surface area contributed by atoms with E-state index in [2.05, 4.69) is 56.6 Å². The zero-order chi connectivity index (χ0) is 33.8. The molecule has 0 bridgehead atoms. The third kappa shape index (κ3) is 8.22. The highest BCUT2D eigenvalue weighted by molar-refractivity contribution is 8.02. The number of allylic oxidation sites excluding steroid dienone is 4. The highest BCUT2D eigenvalue weighted by Crippen LogP contribution is 2.42. The van der Waals surface area contributed by atoms with Gasteiger partial charge >= 0.3 is 0 Å². The van der Waals surface area contributed by atoms with E-state index in [0.717, 1.165) is 41.2 Å². The second kappa shape index (κ2) is 15.3. The number of rotatable bonds is 7. The molecule has 0 spiro atoms. The Balaban J connectivity index is 1.43. The lowest BCUT2D eigenvalue weighted by atomic mass is 9.92. The molecule has 256 valence electrons. The quantitative estimate of drug-likeness (QED) is 0.279. The van der Waals surface area contributed by atoms with Gasteiger partial charge in [-0.05, 0) is 105 Å². The normalized spacial score (nSPS) is 31.2. The van der Waals surface area contributed by atoms with Gasteiger partial charge in [-0.1, -0.05) is 25.5 Å². The summed E-state index contributed by atoms with van der Waals surface area (Å²) in [6.45, 7) is 9.19. The van der Waals surface area contributed by atoms with E-state index in [1.54, 1.807) is 30.8 Å². The van der Waals surface area contributed by atoms with Crippen LogP contribution in [0.25, 0.3) is 5.76 Å². The van der Waals surface area contributed by atoms with Crippen LogP contribution in [0.5, 0.6) is 5.75 Å². The molecule has 8 nitrogen and oxygen atoms in total. The molecule has 4 aliphatic rings. The number of nitrogens with zero attached hydrogens (tertiary/aromatic N) is 1. The second-order valence-corrected chi connectivity index (χ2v) is 14.9. The number of amides is 2. The van der Waals surface area contributed by atoms with Crippen LogP contribution in [0, 0.1) is 30.6 Å². The fourth-order valence-electron chi connectivity index (χ4n) is 6.97.